The van der Waals surface area contributed by atoms with E-state index >= 15 is 0 Å². The molecule has 0 saturated carbocycles. The van der Waals surface area contributed by atoms with Crippen molar-refractivity contribution in [2.45, 2.75) is 33.8 Å². The number of carbonyl (C=O) groups is 2. The van der Waals surface area contributed by atoms with Crippen molar-refractivity contribution in [3.05, 3.63) is 64.0 Å². The maximum Gasteiger partial charge on any atom is 0.349 e. The SMILES string of the molecule is Cc1ccc(NC(=O)[C@@H](C)OC(=O)c2sc3ccccc3c2C)c(C)c1. The first-order chi connectivity index (χ1) is 12.4. The number of nitrogens with one attached hydrogen (secondary N) is 1. The van der Waals surface area contributed by atoms with Crippen molar-refractivity contribution >= 4 is 39.0 Å². The molecule has 0 unspecified atom stereocenters. The minimum atomic E-state index is -0.882. The van der Waals surface area contributed by atoms with Crippen LogP contribution in [0.25, 0.3) is 10.1 Å². The average molecular weight is 367 g/mol. The van der Waals surface area contributed by atoms with Crippen molar-refractivity contribution in [3.63, 3.8) is 0 Å². The van der Waals surface area contributed by atoms with E-state index in [-0.39, 0.29) is 5.91 Å². The number of hydrogen-bond acceptors (Lipinski definition) is 4. The highest BCUT2D eigenvalue weighted by Gasteiger charge is 2.23. The molecule has 1 heterocycles. The number of thiophene rings is 1. The van der Waals surface area contributed by atoms with Gasteiger partial charge in [0.15, 0.2) is 6.10 Å². The molecule has 0 fully saturated rings. The number of ether oxygens (including phenoxy) is 1. The summed E-state index contributed by atoms with van der Waals surface area (Å²) >= 11 is 1.39. The van der Waals surface area contributed by atoms with Crippen molar-refractivity contribution in [3.8, 4) is 0 Å². The van der Waals surface area contributed by atoms with Gasteiger partial charge in [0.05, 0.1) is 0 Å². The average Bonchev–Trinajstić information content (AvgIpc) is 2.94. The predicted molar refractivity (Wildman–Crippen MR) is 106 cm³/mol. The fourth-order valence-electron chi connectivity index (χ4n) is 2.82. The second-order valence-corrected chi connectivity index (χ2v) is 7.46. The molecule has 0 aliphatic rings. The summed E-state index contributed by atoms with van der Waals surface area (Å²) in [5.41, 5.74) is 3.71. The molecule has 134 valence electrons. The van der Waals surface area contributed by atoms with Gasteiger partial charge in [-0.15, -0.1) is 11.3 Å². The predicted octanol–water partition coefficient (Wildman–Crippen LogP) is 5.01. The molecule has 1 aromatic heterocycles. The number of aryl methyl sites for hydroxylation is 3. The summed E-state index contributed by atoms with van der Waals surface area (Å²) in [5.74, 6) is -0.809. The van der Waals surface area contributed by atoms with Crippen LogP contribution in [-0.4, -0.2) is 18.0 Å². The lowest BCUT2D eigenvalue weighted by Gasteiger charge is -2.15. The molecule has 0 radical (unpaired) electrons. The Bertz CT molecular complexity index is 990. The van der Waals surface area contributed by atoms with E-state index in [0.29, 0.717) is 4.88 Å². The normalized spacial score (nSPS) is 12.0. The molecule has 5 heteroatoms. The summed E-state index contributed by atoms with van der Waals surface area (Å²) in [4.78, 5) is 25.4. The van der Waals surface area contributed by atoms with Crippen LogP contribution in [0.5, 0.6) is 0 Å². The third-order valence-corrected chi connectivity index (χ3v) is 5.57. The maximum absolute atomic E-state index is 12.5. The molecule has 26 heavy (non-hydrogen) atoms. The third kappa shape index (κ3) is 3.63. The molecule has 0 spiro atoms. The number of hydrogen-bond donors (Lipinski definition) is 1. The summed E-state index contributed by atoms with van der Waals surface area (Å²) in [6.07, 6.45) is -0.882. The molecule has 3 aromatic rings. The van der Waals surface area contributed by atoms with Crippen LogP contribution in [0.4, 0.5) is 5.69 Å². The molecular formula is C21H21NO3S. The fourth-order valence-corrected chi connectivity index (χ4v) is 3.92. The second kappa shape index (κ2) is 7.30. The van der Waals surface area contributed by atoms with E-state index in [0.717, 1.165) is 32.5 Å². The molecule has 1 amide bonds. The highest BCUT2D eigenvalue weighted by atomic mass is 32.1. The van der Waals surface area contributed by atoms with Gasteiger partial charge in [0, 0.05) is 10.4 Å². The number of esters is 1. The highest BCUT2D eigenvalue weighted by molar-refractivity contribution is 7.21. The lowest BCUT2D eigenvalue weighted by atomic mass is 10.1. The van der Waals surface area contributed by atoms with E-state index in [1.54, 1.807) is 6.92 Å². The van der Waals surface area contributed by atoms with Gasteiger partial charge in [-0.3, -0.25) is 4.79 Å². The van der Waals surface area contributed by atoms with Gasteiger partial charge < -0.3 is 10.1 Å². The molecule has 0 aliphatic carbocycles. The molecule has 2 aromatic carbocycles. The van der Waals surface area contributed by atoms with Crippen LogP contribution >= 0.6 is 11.3 Å². The van der Waals surface area contributed by atoms with E-state index in [4.69, 9.17) is 4.74 Å². The summed E-state index contributed by atoms with van der Waals surface area (Å²) in [6, 6.07) is 13.6. The van der Waals surface area contributed by atoms with Crippen LogP contribution in [-0.2, 0) is 9.53 Å². The largest absolute Gasteiger partial charge is 0.448 e. The van der Waals surface area contributed by atoms with Crippen molar-refractivity contribution in [2.75, 3.05) is 5.32 Å². The van der Waals surface area contributed by atoms with Crippen molar-refractivity contribution in [1.82, 2.24) is 0 Å². The standard InChI is InChI=1S/C21H21NO3S/c1-12-9-10-17(13(2)11-12)22-20(23)15(4)25-21(24)19-14(3)16-7-5-6-8-18(16)26-19/h5-11,15H,1-4H3,(H,22,23)/t15-/m1/s1. The first-order valence-electron chi connectivity index (χ1n) is 8.44. The topological polar surface area (TPSA) is 55.4 Å². The van der Waals surface area contributed by atoms with E-state index < -0.39 is 12.1 Å². The summed E-state index contributed by atoms with van der Waals surface area (Å²) in [7, 11) is 0. The molecular weight excluding hydrogens is 346 g/mol. The van der Waals surface area contributed by atoms with Crippen LogP contribution in [0.2, 0.25) is 0 Å². The van der Waals surface area contributed by atoms with Crippen LogP contribution in [0.3, 0.4) is 0 Å². The van der Waals surface area contributed by atoms with Crippen molar-refractivity contribution in [2.24, 2.45) is 0 Å². The van der Waals surface area contributed by atoms with Gasteiger partial charge in [-0.1, -0.05) is 35.9 Å². The third-order valence-electron chi connectivity index (χ3n) is 4.32. The van der Waals surface area contributed by atoms with Gasteiger partial charge in [-0.05, 0) is 56.3 Å². The van der Waals surface area contributed by atoms with Crippen LogP contribution in [0, 0.1) is 20.8 Å². The number of anilines is 1. The lowest BCUT2D eigenvalue weighted by molar-refractivity contribution is -0.123. The Labute approximate surface area is 156 Å². The van der Waals surface area contributed by atoms with E-state index in [1.165, 1.54) is 11.3 Å². The van der Waals surface area contributed by atoms with Crippen molar-refractivity contribution < 1.29 is 14.3 Å². The van der Waals surface area contributed by atoms with Crippen LogP contribution in [0.1, 0.15) is 33.3 Å². The van der Waals surface area contributed by atoms with Crippen LogP contribution < -0.4 is 5.32 Å². The molecule has 1 N–H and O–H groups in total. The van der Waals surface area contributed by atoms with E-state index in [2.05, 4.69) is 5.32 Å². The Hall–Kier alpha value is -2.66. The number of amides is 1. The number of fused-ring (bicyclic) bond motifs is 1. The fraction of sp³-hybridized carbons (Fsp3) is 0.238. The minimum absolute atomic E-state index is 0.343. The van der Waals surface area contributed by atoms with E-state index in [1.807, 2.05) is 63.2 Å². The zero-order chi connectivity index (χ0) is 18.8. The number of benzene rings is 2. The summed E-state index contributed by atoms with van der Waals surface area (Å²) in [6.45, 7) is 7.41. The van der Waals surface area contributed by atoms with E-state index in [9.17, 15) is 9.59 Å². The Kier molecular flexibility index (Phi) is 5.09. The van der Waals surface area contributed by atoms with Gasteiger partial charge in [0.25, 0.3) is 5.91 Å². The van der Waals surface area contributed by atoms with Gasteiger partial charge in [0.2, 0.25) is 0 Å². The van der Waals surface area contributed by atoms with Gasteiger partial charge in [-0.2, -0.15) is 0 Å². The quantitative estimate of drug-likeness (QED) is 0.660. The van der Waals surface area contributed by atoms with Gasteiger partial charge in [-0.25, -0.2) is 4.79 Å². The first kappa shape index (κ1) is 18.1. The molecule has 1 atom stereocenters. The zero-order valence-electron chi connectivity index (χ0n) is 15.3. The minimum Gasteiger partial charge on any atom is -0.448 e. The van der Waals surface area contributed by atoms with Crippen LogP contribution in [0.15, 0.2) is 42.5 Å². The van der Waals surface area contributed by atoms with Gasteiger partial charge >= 0.3 is 5.97 Å². The lowest BCUT2D eigenvalue weighted by Crippen LogP contribution is -2.30. The van der Waals surface area contributed by atoms with Crippen molar-refractivity contribution in [1.29, 1.82) is 0 Å². The molecule has 0 bridgehead atoms. The number of rotatable bonds is 4. The maximum atomic E-state index is 12.5. The molecule has 0 aliphatic heterocycles. The second-order valence-electron chi connectivity index (χ2n) is 6.41. The first-order valence-corrected chi connectivity index (χ1v) is 9.25. The molecule has 4 nitrogen and oxygen atoms in total. The monoisotopic (exact) mass is 367 g/mol. The Morgan fingerprint density at radius 2 is 1.81 bits per heavy atom. The Morgan fingerprint density at radius 1 is 1.08 bits per heavy atom. The Morgan fingerprint density at radius 3 is 2.50 bits per heavy atom. The molecule has 3 rings (SSSR count). The van der Waals surface area contributed by atoms with Gasteiger partial charge in [0.1, 0.15) is 4.88 Å². The smallest absolute Gasteiger partial charge is 0.349 e. The summed E-state index contributed by atoms with van der Waals surface area (Å²) < 4.78 is 6.44. The Balaban J connectivity index is 1.71. The highest BCUT2D eigenvalue weighted by Crippen LogP contribution is 2.31. The zero-order valence-corrected chi connectivity index (χ0v) is 16.1. The number of carbonyl (C=O) groups excluding carboxylic acids is 2. The molecule has 0 saturated heterocycles. The summed E-state index contributed by atoms with van der Waals surface area (Å²) in [5, 5.41) is 3.86.